The molecular weight excluding hydrogens is 264 g/mol. The van der Waals surface area contributed by atoms with Crippen LogP contribution in [0.3, 0.4) is 0 Å². The zero-order valence-corrected chi connectivity index (χ0v) is 13.7. The average molecular weight is 294 g/mol. The molecule has 2 rings (SSSR count). The number of ether oxygens (including phenoxy) is 1. The van der Waals surface area contributed by atoms with Crippen LogP contribution in [0.2, 0.25) is 0 Å². The summed E-state index contributed by atoms with van der Waals surface area (Å²) in [5, 5.41) is 3.10. The van der Waals surface area contributed by atoms with E-state index in [1.807, 2.05) is 31.6 Å². The number of aromatic nitrogens is 1. The molecule has 5 heteroatoms. The summed E-state index contributed by atoms with van der Waals surface area (Å²) in [6, 6.07) is 4.08. The lowest BCUT2D eigenvalue weighted by atomic mass is 10.2. The van der Waals surface area contributed by atoms with Gasteiger partial charge < -0.3 is 15.0 Å². The maximum atomic E-state index is 5.02. The van der Waals surface area contributed by atoms with Crippen molar-refractivity contribution in [2.45, 2.75) is 6.42 Å². The number of piperazine rings is 1. The first-order valence-corrected chi connectivity index (χ1v) is 7.69. The van der Waals surface area contributed by atoms with E-state index in [9.17, 15) is 0 Å². The van der Waals surface area contributed by atoms with Crippen molar-refractivity contribution in [1.29, 1.82) is 0 Å². The van der Waals surface area contributed by atoms with Crippen molar-refractivity contribution in [3.05, 3.63) is 30.1 Å². The molecule has 0 radical (unpaired) electrons. The smallest absolute Gasteiger partial charge is 0.0589 e. The van der Waals surface area contributed by atoms with E-state index < -0.39 is 0 Å². The van der Waals surface area contributed by atoms with Crippen LogP contribution in [0.15, 0.2) is 24.5 Å². The van der Waals surface area contributed by atoms with E-state index in [2.05, 4.69) is 27.1 Å². The van der Waals surface area contributed by atoms with Crippen molar-refractivity contribution in [3.8, 4) is 0 Å². The van der Waals surface area contributed by atoms with Gasteiger partial charge in [0.25, 0.3) is 0 Å². The predicted octanol–water partition coefficient (Wildman–Crippen LogP) is 0.724. The highest BCUT2D eigenvalue weighted by Crippen LogP contribution is 1.97. The zero-order valence-electron chi connectivity index (χ0n) is 13.7. The van der Waals surface area contributed by atoms with Crippen LogP contribution in [0.1, 0.15) is 5.56 Å². The van der Waals surface area contributed by atoms with Crippen molar-refractivity contribution in [3.63, 3.8) is 0 Å². The lowest BCUT2D eigenvalue weighted by Gasteiger charge is -2.31. The molecule has 0 aliphatic carbocycles. The summed E-state index contributed by atoms with van der Waals surface area (Å²) < 4.78 is 5.02. The zero-order chi connectivity index (χ0) is 15.3. The number of methoxy groups -OCH3 is 1. The summed E-state index contributed by atoms with van der Waals surface area (Å²) in [7, 11) is 5.89. The molecule has 0 bridgehead atoms. The van der Waals surface area contributed by atoms with Gasteiger partial charge in [-0.05, 0) is 44.8 Å². The Balaban J connectivity index is 0.000000211. The van der Waals surface area contributed by atoms with Gasteiger partial charge in [-0.25, -0.2) is 0 Å². The normalized spacial score (nSPS) is 16.3. The Labute approximate surface area is 129 Å². The average Bonchev–Trinajstić information content (AvgIpc) is 2.54. The molecule has 0 unspecified atom stereocenters. The van der Waals surface area contributed by atoms with Crippen LogP contribution < -0.4 is 5.32 Å². The molecule has 1 N–H and O–H groups in total. The molecule has 1 aromatic rings. The Morgan fingerprint density at radius 2 is 1.86 bits per heavy atom. The highest BCUT2D eigenvalue weighted by molar-refractivity contribution is 5.09. The van der Waals surface area contributed by atoms with Crippen LogP contribution in [-0.2, 0) is 11.2 Å². The number of rotatable bonds is 6. The van der Waals surface area contributed by atoms with Crippen molar-refractivity contribution >= 4 is 0 Å². The molecule has 1 aliphatic heterocycles. The molecule has 1 aliphatic rings. The van der Waals surface area contributed by atoms with Crippen molar-refractivity contribution in [2.24, 2.45) is 0 Å². The summed E-state index contributed by atoms with van der Waals surface area (Å²) >= 11 is 0. The molecule has 0 atom stereocenters. The molecule has 0 amide bonds. The summed E-state index contributed by atoms with van der Waals surface area (Å²) in [4.78, 5) is 8.75. The lowest BCUT2D eigenvalue weighted by molar-refractivity contribution is 0.108. The Bertz CT molecular complexity index is 337. The van der Waals surface area contributed by atoms with Gasteiger partial charge in [0.1, 0.15) is 0 Å². The minimum Gasteiger partial charge on any atom is -0.383 e. The van der Waals surface area contributed by atoms with E-state index in [1.54, 1.807) is 7.11 Å². The second-order valence-corrected chi connectivity index (χ2v) is 5.35. The highest BCUT2D eigenvalue weighted by Gasteiger charge is 2.12. The Hall–Kier alpha value is -1.01. The largest absolute Gasteiger partial charge is 0.383 e. The molecule has 5 nitrogen and oxygen atoms in total. The van der Waals surface area contributed by atoms with E-state index in [1.165, 1.54) is 31.7 Å². The quantitative estimate of drug-likeness (QED) is 0.837. The molecule has 1 fully saturated rings. The lowest BCUT2D eigenvalue weighted by Crippen LogP contribution is -2.45. The predicted molar refractivity (Wildman–Crippen MR) is 87.7 cm³/mol. The first-order valence-electron chi connectivity index (χ1n) is 7.69. The van der Waals surface area contributed by atoms with Crippen molar-refractivity contribution < 1.29 is 4.74 Å². The van der Waals surface area contributed by atoms with E-state index in [0.717, 1.165) is 26.1 Å². The first kappa shape index (κ1) is 18.0. The number of hydrogen-bond acceptors (Lipinski definition) is 5. The fourth-order valence-electron chi connectivity index (χ4n) is 2.11. The topological polar surface area (TPSA) is 40.6 Å². The molecule has 21 heavy (non-hydrogen) atoms. The first-order chi connectivity index (χ1) is 10.3. The van der Waals surface area contributed by atoms with Crippen LogP contribution in [0.5, 0.6) is 0 Å². The van der Waals surface area contributed by atoms with Gasteiger partial charge >= 0.3 is 0 Å². The fourth-order valence-corrected chi connectivity index (χ4v) is 2.11. The van der Waals surface area contributed by atoms with Gasteiger partial charge in [-0.2, -0.15) is 0 Å². The standard InChI is InChI=1S/C8H18N2O.C8H12N2/c1-9-3-5-10(6-4-9)7-8-11-2;1-9-5-2-8-3-6-10-7-4-8/h3-8H2,1-2H3;3-4,6-7,9H,2,5H2,1H3. The van der Waals surface area contributed by atoms with Crippen LogP contribution in [0, 0.1) is 0 Å². The number of likely N-dealkylation sites (N-methyl/N-ethyl adjacent to an activating group) is 2. The van der Waals surface area contributed by atoms with E-state index >= 15 is 0 Å². The Morgan fingerprint density at radius 3 is 2.43 bits per heavy atom. The van der Waals surface area contributed by atoms with E-state index in [0.29, 0.717) is 0 Å². The van der Waals surface area contributed by atoms with Gasteiger partial charge in [-0.3, -0.25) is 9.88 Å². The summed E-state index contributed by atoms with van der Waals surface area (Å²) in [6.45, 7) is 7.77. The van der Waals surface area contributed by atoms with Gasteiger partial charge in [-0.1, -0.05) is 0 Å². The van der Waals surface area contributed by atoms with Crippen LogP contribution in [0.25, 0.3) is 0 Å². The molecule has 120 valence electrons. The van der Waals surface area contributed by atoms with Crippen LogP contribution in [0.4, 0.5) is 0 Å². The minimum atomic E-state index is 0.865. The third kappa shape index (κ3) is 8.78. The summed E-state index contributed by atoms with van der Waals surface area (Å²) in [6.07, 6.45) is 4.73. The Morgan fingerprint density at radius 1 is 1.19 bits per heavy atom. The highest BCUT2D eigenvalue weighted by atomic mass is 16.5. The van der Waals surface area contributed by atoms with Gasteiger partial charge in [0.15, 0.2) is 0 Å². The van der Waals surface area contributed by atoms with Gasteiger partial charge in [0, 0.05) is 52.2 Å². The van der Waals surface area contributed by atoms with Gasteiger partial charge in [0.05, 0.1) is 6.61 Å². The van der Waals surface area contributed by atoms with Crippen LogP contribution in [-0.4, -0.2) is 81.9 Å². The van der Waals surface area contributed by atoms with Crippen molar-refractivity contribution in [1.82, 2.24) is 20.1 Å². The fraction of sp³-hybridized carbons (Fsp3) is 0.688. The molecular formula is C16H30N4O. The monoisotopic (exact) mass is 294 g/mol. The SMILES string of the molecule is CNCCc1ccncc1.COCCN1CCN(C)CC1. The maximum absolute atomic E-state index is 5.02. The van der Waals surface area contributed by atoms with Gasteiger partial charge in [-0.15, -0.1) is 0 Å². The second kappa shape index (κ2) is 11.6. The molecule has 0 aromatic carbocycles. The molecule has 1 aromatic heterocycles. The number of pyridine rings is 1. The molecule has 0 spiro atoms. The minimum absolute atomic E-state index is 0.865. The number of nitrogens with zero attached hydrogens (tertiary/aromatic N) is 3. The number of nitrogens with one attached hydrogen (secondary N) is 1. The maximum Gasteiger partial charge on any atom is 0.0589 e. The molecule has 1 saturated heterocycles. The number of hydrogen-bond donors (Lipinski definition) is 1. The summed E-state index contributed by atoms with van der Waals surface area (Å²) in [5.41, 5.74) is 1.34. The van der Waals surface area contributed by atoms with Gasteiger partial charge in [0.2, 0.25) is 0 Å². The van der Waals surface area contributed by atoms with Crippen LogP contribution >= 0.6 is 0 Å². The summed E-state index contributed by atoms with van der Waals surface area (Å²) in [5.74, 6) is 0. The third-order valence-corrected chi connectivity index (χ3v) is 3.62. The van der Waals surface area contributed by atoms with E-state index in [4.69, 9.17) is 4.74 Å². The molecule has 2 heterocycles. The Kier molecular flexibility index (Phi) is 9.99. The third-order valence-electron chi connectivity index (χ3n) is 3.62. The second-order valence-electron chi connectivity index (χ2n) is 5.35. The van der Waals surface area contributed by atoms with E-state index in [-0.39, 0.29) is 0 Å². The molecule has 0 saturated carbocycles. The van der Waals surface area contributed by atoms with Crippen molar-refractivity contribution in [2.75, 3.05) is 67.1 Å².